The Morgan fingerprint density at radius 3 is 2.35 bits per heavy atom. The van der Waals surface area contributed by atoms with E-state index in [1.54, 1.807) is 13.8 Å². The van der Waals surface area contributed by atoms with Gasteiger partial charge in [0.15, 0.2) is 5.71 Å². The van der Waals surface area contributed by atoms with Gasteiger partial charge in [0.2, 0.25) is 0 Å². The van der Waals surface area contributed by atoms with Crippen LogP contribution in [0.2, 0.25) is 0 Å². The standard InChI is InChI=1S/C18H21N3O2/c1-10(2)15-11(3)16(18(22)23)21-17(20-15)14(12(4)19)13-8-6-5-7-9-13/h5-10,19-20H,1-4H3,(H,22,23)/b17-14-,19-12?. The van der Waals surface area contributed by atoms with Crippen LogP contribution in [0.4, 0.5) is 0 Å². The molecule has 0 bridgehead atoms. The summed E-state index contributed by atoms with van der Waals surface area (Å²) in [6.07, 6.45) is 0. The average Bonchev–Trinajstić information content (AvgIpc) is 2.49. The normalized spacial score (nSPS) is 16.8. The van der Waals surface area contributed by atoms with Crippen LogP contribution in [0.1, 0.15) is 33.3 Å². The van der Waals surface area contributed by atoms with E-state index in [4.69, 9.17) is 5.41 Å². The first-order valence-electron chi connectivity index (χ1n) is 7.48. The molecule has 3 N–H and O–H groups in total. The van der Waals surface area contributed by atoms with E-state index < -0.39 is 5.97 Å². The molecule has 0 fully saturated rings. The van der Waals surface area contributed by atoms with Gasteiger partial charge in [0, 0.05) is 22.6 Å². The highest BCUT2D eigenvalue weighted by atomic mass is 16.4. The van der Waals surface area contributed by atoms with Crippen LogP contribution in [0.3, 0.4) is 0 Å². The molecule has 0 unspecified atom stereocenters. The summed E-state index contributed by atoms with van der Waals surface area (Å²) in [5, 5.41) is 20.8. The molecule has 1 aromatic rings. The Balaban J connectivity index is 2.70. The maximum absolute atomic E-state index is 11.5. The third kappa shape index (κ3) is 3.39. The van der Waals surface area contributed by atoms with Gasteiger partial charge in [-0.15, -0.1) is 0 Å². The Morgan fingerprint density at radius 2 is 1.87 bits per heavy atom. The number of benzene rings is 1. The summed E-state index contributed by atoms with van der Waals surface area (Å²) in [6.45, 7) is 7.42. The van der Waals surface area contributed by atoms with Gasteiger partial charge in [-0.3, -0.25) is 0 Å². The molecule has 0 spiro atoms. The first-order chi connectivity index (χ1) is 10.8. The minimum Gasteiger partial charge on any atom is -0.477 e. The van der Waals surface area contributed by atoms with Crippen LogP contribution in [0.5, 0.6) is 0 Å². The van der Waals surface area contributed by atoms with Crippen LogP contribution in [0.15, 0.2) is 52.4 Å². The summed E-state index contributed by atoms with van der Waals surface area (Å²) in [5.41, 5.74) is 3.24. The molecule has 0 aliphatic carbocycles. The maximum Gasteiger partial charge on any atom is 0.354 e. The molecule has 5 heteroatoms. The van der Waals surface area contributed by atoms with Crippen molar-refractivity contribution < 1.29 is 9.90 Å². The monoisotopic (exact) mass is 311 g/mol. The number of hydrogen-bond acceptors (Lipinski definition) is 4. The highest BCUT2D eigenvalue weighted by Gasteiger charge is 2.25. The van der Waals surface area contributed by atoms with Gasteiger partial charge in [-0.2, -0.15) is 0 Å². The molecule has 1 aromatic carbocycles. The molecule has 120 valence electrons. The van der Waals surface area contributed by atoms with E-state index in [-0.39, 0.29) is 11.6 Å². The Morgan fingerprint density at radius 1 is 1.26 bits per heavy atom. The van der Waals surface area contributed by atoms with Crippen molar-refractivity contribution in [3.8, 4) is 0 Å². The number of aliphatic imine (C=N–C) groups is 1. The summed E-state index contributed by atoms with van der Waals surface area (Å²) in [7, 11) is 0. The topological polar surface area (TPSA) is 85.5 Å². The number of aliphatic carboxylic acids is 1. The number of carbonyl (C=O) groups is 1. The smallest absolute Gasteiger partial charge is 0.354 e. The van der Waals surface area contributed by atoms with Crippen molar-refractivity contribution in [2.75, 3.05) is 0 Å². The quantitative estimate of drug-likeness (QED) is 0.744. The van der Waals surface area contributed by atoms with E-state index in [1.807, 2.05) is 44.2 Å². The van der Waals surface area contributed by atoms with Crippen LogP contribution >= 0.6 is 0 Å². The molecule has 0 amide bonds. The van der Waals surface area contributed by atoms with Crippen molar-refractivity contribution in [1.29, 1.82) is 5.41 Å². The van der Waals surface area contributed by atoms with E-state index in [9.17, 15) is 9.90 Å². The molecule has 1 aliphatic rings. The van der Waals surface area contributed by atoms with E-state index in [2.05, 4.69) is 10.3 Å². The fourth-order valence-electron chi connectivity index (χ4n) is 2.61. The average molecular weight is 311 g/mol. The lowest BCUT2D eigenvalue weighted by molar-refractivity contribution is -0.129. The first-order valence-corrected chi connectivity index (χ1v) is 7.48. The molecular weight excluding hydrogens is 290 g/mol. The summed E-state index contributed by atoms with van der Waals surface area (Å²) in [4.78, 5) is 15.8. The fraction of sp³-hybridized carbons (Fsp3) is 0.278. The molecule has 0 saturated heterocycles. The number of hydrogen-bond donors (Lipinski definition) is 3. The number of nitrogens with one attached hydrogen (secondary N) is 2. The van der Waals surface area contributed by atoms with Gasteiger partial charge >= 0.3 is 5.97 Å². The van der Waals surface area contributed by atoms with Crippen molar-refractivity contribution in [2.24, 2.45) is 10.9 Å². The van der Waals surface area contributed by atoms with Gasteiger partial charge < -0.3 is 15.8 Å². The predicted octanol–water partition coefficient (Wildman–Crippen LogP) is 3.45. The largest absolute Gasteiger partial charge is 0.477 e. The number of rotatable bonds is 4. The molecule has 2 rings (SSSR count). The van der Waals surface area contributed by atoms with Crippen molar-refractivity contribution in [2.45, 2.75) is 27.7 Å². The molecule has 1 heterocycles. The van der Waals surface area contributed by atoms with Crippen molar-refractivity contribution in [1.82, 2.24) is 5.32 Å². The lowest BCUT2D eigenvalue weighted by Crippen LogP contribution is -2.30. The Kier molecular flexibility index (Phi) is 4.79. The van der Waals surface area contributed by atoms with E-state index >= 15 is 0 Å². The Bertz CT molecular complexity index is 741. The lowest BCUT2D eigenvalue weighted by atomic mass is 9.97. The predicted molar refractivity (Wildman–Crippen MR) is 92.5 cm³/mol. The summed E-state index contributed by atoms with van der Waals surface area (Å²) in [6, 6.07) is 9.44. The first kappa shape index (κ1) is 16.7. The summed E-state index contributed by atoms with van der Waals surface area (Å²) < 4.78 is 0. The van der Waals surface area contributed by atoms with Crippen molar-refractivity contribution in [3.05, 3.63) is 53.0 Å². The number of carboxylic acid groups (broad SMARTS) is 1. The zero-order valence-electron chi connectivity index (χ0n) is 13.8. The van der Waals surface area contributed by atoms with Crippen LogP contribution in [-0.4, -0.2) is 22.5 Å². The zero-order valence-corrected chi connectivity index (χ0v) is 13.8. The Hall–Kier alpha value is -2.69. The second-order valence-corrected chi connectivity index (χ2v) is 5.80. The second-order valence-electron chi connectivity index (χ2n) is 5.80. The number of nitrogens with zero attached hydrogens (tertiary/aromatic N) is 1. The highest BCUT2D eigenvalue weighted by molar-refractivity contribution is 6.43. The number of allylic oxidation sites excluding steroid dienone is 2. The third-order valence-electron chi connectivity index (χ3n) is 3.69. The molecule has 0 aromatic heterocycles. The summed E-state index contributed by atoms with van der Waals surface area (Å²) >= 11 is 0. The minimum absolute atomic E-state index is 0.0251. The second kappa shape index (κ2) is 6.60. The van der Waals surface area contributed by atoms with Gasteiger partial charge in [0.25, 0.3) is 0 Å². The van der Waals surface area contributed by atoms with Gasteiger partial charge in [-0.1, -0.05) is 44.2 Å². The van der Waals surface area contributed by atoms with Crippen LogP contribution in [0.25, 0.3) is 5.57 Å². The fourth-order valence-corrected chi connectivity index (χ4v) is 2.61. The van der Waals surface area contributed by atoms with E-state index in [1.165, 1.54) is 0 Å². The molecular formula is C18H21N3O2. The molecule has 0 atom stereocenters. The van der Waals surface area contributed by atoms with Crippen molar-refractivity contribution in [3.63, 3.8) is 0 Å². The van der Waals surface area contributed by atoms with Gasteiger partial charge in [-0.05, 0) is 25.3 Å². The van der Waals surface area contributed by atoms with E-state index in [0.717, 1.165) is 11.3 Å². The molecule has 0 saturated carbocycles. The van der Waals surface area contributed by atoms with Crippen molar-refractivity contribution >= 4 is 23.0 Å². The minimum atomic E-state index is -1.06. The summed E-state index contributed by atoms with van der Waals surface area (Å²) in [5.74, 6) is -0.525. The highest BCUT2D eigenvalue weighted by Crippen LogP contribution is 2.26. The van der Waals surface area contributed by atoms with Gasteiger partial charge in [0.05, 0.1) is 0 Å². The Labute approximate surface area is 136 Å². The molecule has 5 nitrogen and oxygen atoms in total. The SMILES string of the molecule is CC(=N)/C(=C1/N=C(C(=O)O)C(C)=C(C(C)C)N1)c1ccccc1. The molecule has 1 aliphatic heterocycles. The zero-order chi connectivity index (χ0) is 17.1. The van der Waals surface area contributed by atoms with Crippen LogP contribution in [-0.2, 0) is 4.79 Å². The molecule has 23 heavy (non-hydrogen) atoms. The third-order valence-corrected chi connectivity index (χ3v) is 3.69. The lowest BCUT2D eigenvalue weighted by Gasteiger charge is -2.25. The number of carboxylic acids is 1. The van der Waals surface area contributed by atoms with Crippen LogP contribution < -0.4 is 5.32 Å². The maximum atomic E-state index is 11.5. The van der Waals surface area contributed by atoms with E-state index in [0.29, 0.717) is 22.7 Å². The van der Waals surface area contributed by atoms with Crippen LogP contribution in [0, 0.1) is 11.3 Å². The molecule has 0 radical (unpaired) electrons. The van der Waals surface area contributed by atoms with Gasteiger partial charge in [0.1, 0.15) is 5.82 Å². The van der Waals surface area contributed by atoms with Gasteiger partial charge in [-0.25, -0.2) is 9.79 Å².